The van der Waals surface area contributed by atoms with E-state index in [0.29, 0.717) is 19.4 Å². The molecule has 2 aliphatic heterocycles. The van der Waals surface area contributed by atoms with Gasteiger partial charge in [-0.15, -0.1) is 0 Å². The second-order valence-corrected chi connectivity index (χ2v) is 5.02. The van der Waals surface area contributed by atoms with Crippen molar-refractivity contribution in [2.75, 3.05) is 27.2 Å². The lowest BCUT2D eigenvalue weighted by Gasteiger charge is -2.37. The van der Waals surface area contributed by atoms with Gasteiger partial charge in [0.1, 0.15) is 5.41 Å². The Morgan fingerprint density at radius 2 is 2.32 bits per heavy atom. The van der Waals surface area contributed by atoms with Crippen LogP contribution in [0, 0.1) is 15.5 Å². The minimum Gasteiger partial charge on any atom is -0.305 e. The van der Waals surface area contributed by atoms with Gasteiger partial charge in [-0.3, -0.25) is 4.79 Å². The van der Waals surface area contributed by atoms with E-state index in [-0.39, 0.29) is 5.91 Å². The van der Waals surface area contributed by atoms with Gasteiger partial charge in [0.25, 0.3) is 5.91 Å². The number of hydrogen-bond donors (Lipinski definition) is 0. The molecule has 0 saturated carbocycles. The highest BCUT2D eigenvalue weighted by Gasteiger charge is 2.51. The van der Waals surface area contributed by atoms with E-state index >= 15 is 0 Å². The van der Waals surface area contributed by atoms with Gasteiger partial charge < -0.3 is 4.90 Å². The summed E-state index contributed by atoms with van der Waals surface area (Å²) in [4.78, 5) is 24.6. The van der Waals surface area contributed by atoms with E-state index in [1.54, 1.807) is 7.05 Å². The zero-order valence-corrected chi connectivity index (χ0v) is 11.1. The molecule has 1 atom stereocenters. The van der Waals surface area contributed by atoms with Crippen molar-refractivity contribution in [2.24, 2.45) is 15.6 Å². The van der Waals surface area contributed by atoms with Gasteiger partial charge in [0, 0.05) is 26.6 Å². The van der Waals surface area contributed by atoms with Crippen molar-refractivity contribution >= 4 is 17.8 Å². The molecule has 8 heteroatoms. The summed E-state index contributed by atoms with van der Waals surface area (Å²) in [7, 11) is 3.62. The molecule has 1 unspecified atom stereocenters. The molecule has 1 fully saturated rings. The second-order valence-electron chi connectivity index (χ2n) is 5.02. The van der Waals surface area contributed by atoms with Gasteiger partial charge in [0.15, 0.2) is 5.03 Å². The maximum absolute atomic E-state index is 12.3. The predicted molar refractivity (Wildman–Crippen MR) is 69.5 cm³/mol. The monoisotopic (exact) mass is 267 g/mol. The molecule has 0 aromatic carbocycles. The number of carbonyl (C=O) groups excluding carboxylic acids is 1. The first-order valence-electron chi connectivity index (χ1n) is 6.17. The predicted octanol–water partition coefficient (Wildman–Crippen LogP) is 0.179. The van der Waals surface area contributed by atoms with Gasteiger partial charge in [0.2, 0.25) is 0 Å². The zero-order chi connectivity index (χ0) is 14.0. The third-order valence-corrected chi connectivity index (χ3v) is 3.67. The van der Waals surface area contributed by atoms with Crippen molar-refractivity contribution in [2.45, 2.75) is 19.3 Å². The van der Waals surface area contributed by atoms with Crippen LogP contribution in [0.4, 0.5) is 0 Å². The Morgan fingerprint density at radius 1 is 1.58 bits per heavy atom. The van der Waals surface area contributed by atoms with Crippen LogP contribution in [0.1, 0.15) is 19.3 Å². The Bertz CT molecular complexity index is 461. The van der Waals surface area contributed by atoms with Crippen molar-refractivity contribution in [1.29, 1.82) is 0 Å². The first-order valence-corrected chi connectivity index (χ1v) is 6.17. The number of nitrogens with zero attached hydrogens (tertiary/aromatic N) is 5. The average molecular weight is 267 g/mol. The molecule has 2 aliphatic rings. The molecule has 0 radical (unpaired) electrons. The van der Waals surface area contributed by atoms with Gasteiger partial charge in [-0.05, 0) is 19.9 Å². The van der Waals surface area contributed by atoms with Gasteiger partial charge in [-0.25, -0.2) is 15.1 Å². The minimum atomic E-state index is -0.734. The standard InChI is InChI=1S/C11H17N5O3/c1-14-7-4-9-11(8-14,10(17)15(2)13-9)5-3-6-12-16(18)19/h6H,3-5,7-8H2,1-2H3/b12-6+. The van der Waals surface area contributed by atoms with Crippen LogP contribution in [0.3, 0.4) is 0 Å². The number of hydrogen-bond acceptors (Lipinski definition) is 5. The van der Waals surface area contributed by atoms with Crippen molar-refractivity contribution in [3.8, 4) is 0 Å². The smallest absolute Gasteiger partial charge is 0.255 e. The van der Waals surface area contributed by atoms with Crippen LogP contribution in [-0.4, -0.2) is 60.0 Å². The fraction of sp³-hybridized carbons (Fsp3) is 0.727. The summed E-state index contributed by atoms with van der Waals surface area (Å²) < 4.78 is 0. The van der Waals surface area contributed by atoms with Crippen LogP contribution in [0.15, 0.2) is 10.2 Å². The molecule has 104 valence electrons. The zero-order valence-electron chi connectivity index (χ0n) is 11.1. The lowest BCUT2D eigenvalue weighted by Crippen LogP contribution is -2.51. The van der Waals surface area contributed by atoms with Crippen molar-refractivity contribution in [3.05, 3.63) is 10.1 Å². The maximum Gasteiger partial charge on any atom is 0.255 e. The second kappa shape index (κ2) is 5.04. The SMILES string of the molecule is CN1CCC2=NN(C)C(=O)C2(CC/C=N/[N+](=O)[O-])C1. The lowest BCUT2D eigenvalue weighted by atomic mass is 9.74. The molecule has 2 heterocycles. The van der Waals surface area contributed by atoms with Gasteiger partial charge in [-0.1, -0.05) is 0 Å². The van der Waals surface area contributed by atoms with Gasteiger partial charge in [-0.2, -0.15) is 5.10 Å². The number of piperidine rings is 1. The largest absolute Gasteiger partial charge is 0.305 e. The first kappa shape index (κ1) is 13.6. The molecule has 0 aromatic rings. The highest BCUT2D eigenvalue weighted by atomic mass is 16.7. The summed E-state index contributed by atoms with van der Waals surface area (Å²) >= 11 is 0. The minimum absolute atomic E-state index is 0.0245. The summed E-state index contributed by atoms with van der Waals surface area (Å²) in [5.41, 5.74) is 0.275. The number of carbonyl (C=O) groups is 1. The van der Waals surface area contributed by atoms with Crippen LogP contribution in [0.25, 0.3) is 0 Å². The average Bonchev–Trinajstić information content (AvgIpc) is 2.59. The first-order chi connectivity index (χ1) is 8.95. The molecular weight excluding hydrogens is 250 g/mol. The Balaban J connectivity index is 2.14. The fourth-order valence-electron chi connectivity index (χ4n) is 2.81. The Hall–Kier alpha value is -1.83. The maximum atomic E-state index is 12.3. The molecular formula is C11H17N5O3. The summed E-state index contributed by atoms with van der Waals surface area (Å²) in [6.07, 6.45) is 2.93. The van der Waals surface area contributed by atoms with Crippen LogP contribution >= 0.6 is 0 Å². The summed E-state index contributed by atoms with van der Waals surface area (Å²) in [5.74, 6) is -0.0245. The number of rotatable bonds is 4. The highest BCUT2D eigenvalue weighted by molar-refractivity contribution is 6.13. The molecule has 2 rings (SSSR count). The molecule has 0 aromatic heterocycles. The molecule has 8 nitrogen and oxygen atoms in total. The van der Waals surface area contributed by atoms with E-state index in [4.69, 9.17) is 0 Å². The molecule has 0 spiro atoms. The van der Waals surface area contributed by atoms with Crippen molar-refractivity contribution in [1.82, 2.24) is 9.91 Å². The fourth-order valence-corrected chi connectivity index (χ4v) is 2.81. The third-order valence-electron chi connectivity index (χ3n) is 3.67. The molecule has 1 saturated heterocycles. The van der Waals surface area contributed by atoms with Crippen LogP contribution < -0.4 is 0 Å². The molecule has 0 aliphatic carbocycles. The number of amides is 1. The number of nitro groups is 1. The highest BCUT2D eigenvalue weighted by Crippen LogP contribution is 2.38. The van der Waals surface area contributed by atoms with Crippen LogP contribution in [-0.2, 0) is 4.79 Å². The van der Waals surface area contributed by atoms with E-state index in [0.717, 1.165) is 18.7 Å². The third kappa shape index (κ3) is 2.48. The molecule has 0 bridgehead atoms. The normalized spacial score (nSPS) is 27.8. The Kier molecular flexibility index (Phi) is 3.61. The summed E-state index contributed by atoms with van der Waals surface area (Å²) in [6, 6.07) is 0. The summed E-state index contributed by atoms with van der Waals surface area (Å²) in [5, 5.41) is 18.2. The topological polar surface area (TPSA) is 91.4 Å². The van der Waals surface area contributed by atoms with E-state index < -0.39 is 10.4 Å². The number of hydrazone groups is 2. The quantitative estimate of drug-likeness (QED) is 0.412. The van der Waals surface area contributed by atoms with Crippen molar-refractivity contribution in [3.63, 3.8) is 0 Å². The van der Waals surface area contributed by atoms with Gasteiger partial charge in [0.05, 0.1) is 17.0 Å². The van der Waals surface area contributed by atoms with Gasteiger partial charge >= 0.3 is 0 Å². The van der Waals surface area contributed by atoms with Crippen molar-refractivity contribution < 1.29 is 9.83 Å². The Morgan fingerprint density at radius 3 is 3.00 bits per heavy atom. The molecule has 1 amide bonds. The van der Waals surface area contributed by atoms with E-state index in [9.17, 15) is 14.9 Å². The van der Waals surface area contributed by atoms with Crippen LogP contribution in [0.5, 0.6) is 0 Å². The number of likely N-dealkylation sites (tertiary alicyclic amines) is 1. The number of fused-ring (bicyclic) bond motifs is 1. The molecule has 19 heavy (non-hydrogen) atoms. The van der Waals surface area contributed by atoms with E-state index in [2.05, 4.69) is 15.1 Å². The lowest BCUT2D eigenvalue weighted by molar-refractivity contribution is -0.484. The molecule has 0 N–H and O–H groups in total. The van der Waals surface area contributed by atoms with E-state index in [1.807, 2.05) is 7.05 Å². The van der Waals surface area contributed by atoms with E-state index in [1.165, 1.54) is 11.2 Å². The summed E-state index contributed by atoms with van der Waals surface area (Å²) in [6.45, 7) is 1.49. The Labute approximate surface area is 110 Å². The van der Waals surface area contributed by atoms with Crippen LogP contribution in [0.2, 0.25) is 0 Å².